The van der Waals surface area contributed by atoms with Crippen LogP contribution in [-0.4, -0.2) is 17.9 Å². The molecule has 11 heavy (non-hydrogen) atoms. The molecule has 0 aromatic heterocycles. The summed E-state index contributed by atoms with van der Waals surface area (Å²) in [4.78, 5) is 10.7. The topological polar surface area (TPSA) is 26.3 Å². The lowest BCUT2D eigenvalue weighted by Crippen LogP contribution is -2.02. The van der Waals surface area contributed by atoms with Crippen molar-refractivity contribution < 1.29 is 9.53 Å². The maximum absolute atomic E-state index is 10.7. The number of hydrogen-bond donors (Lipinski definition) is 0. The molecule has 0 bridgehead atoms. The molecule has 0 N–H and O–H groups in total. The molecule has 0 aromatic rings. The molecule has 0 heterocycles. The molecule has 0 amide bonds. The monoisotopic (exact) mass is 198 g/mol. The van der Waals surface area contributed by atoms with Crippen LogP contribution < -0.4 is 0 Å². The van der Waals surface area contributed by atoms with E-state index in [0.29, 0.717) is 12.3 Å². The first-order valence-electron chi connectivity index (χ1n) is 3.58. The van der Waals surface area contributed by atoms with Gasteiger partial charge >= 0.3 is 5.97 Å². The Balaban J connectivity index is 3.04. The number of ether oxygens (including phenoxy) is 1. The zero-order valence-corrected chi connectivity index (χ0v) is 7.83. The fourth-order valence-corrected chi connectivity index (χ4v) is 0.984. The fourth-order valence-electron chi connectivity index (χ4n) is 0.674. The minimum atomic E-state index is -0.227. The second kappa shape index (κ2) is 8.15. The number of halogens is 2. The van der Waals surface area contributed by atoms with Gasteiger partial charge in [0.2, 0.25) is 0 Å². The summed E-state index contributed by atoms with van der Waals surface area (Å²) in [6.45, 7) is 0. The molecule has 0 rings (SSSR count). The Morgan fingerprint density at radius 2 is 1.91 bits per heavy atom. The van der Waals surface area contributed by atoms with Crippen molar-refractivity contribution in [3.63, 3.8) is 0 Å². The van der Waals surface area contributed by atoms with E-state index >= 15 is 0 Å². The lowest BCUT2D eigenvalue weighted by atomic mass is 10.2. The summed E-state index contributed by atoms with van der Waals surface area (Å²) in [6.07, 6.45) is 3.21. The van der Waals surface area contributed by atoms with Gasteiger partial charge in [-0.25, -0.2) is 0 Å². The summed E-state index contributed by atoms with van der Waals surface area (Å²) in [5.41, 5.74) is 0. The molecule has 4 heteroatoms. The van der Waals surface area contributed by atoms with Crippen molar-refractivity contribution in [1.29, 1.82) is 0 Å². The van der Waals surface area contributed by atoms with Gasteiger partial charge in [-0.1, -0.05) is 18.0 Å². The third-order valence-electron chi connectivity index (χ3n) is 1.23. The first-order chi connectivity index (χ1) is 5.31. The SMILES string of the molecule is O=C(CCCCCCl)OCCl. The van der Waals surface area contributed by atoms with Crippen molar-refractivity contribution in [2.75, 3.05) is 11.9 Å². The zero-order valence-electron chi connectivity index (χ0n) is 6.32. The molecular formula is C7H12Cl2O2. The summed E-state index contributed by atoms with van der Waals surface area (Å²) in [5, 5.41) is 0. The molecule has 0 saturated heterocycles. The van der Waals surface area contributed by atoms with Crippen LogP contribution in [0.1, 0.15) is 25.7 Å². The Morgan fingerprint density at radius 1 is 1.18 bits per heavy atom. The van der Waals surface area contributed by atoms with Gasteiger partial charge in [-0.3, -0.25) is 4.79 Å². The van der Waals surface area contributed by atoms with Gasteiger partial charge in [0, 0.05) is 12.3 Å². The number of hydrogen-bond acceptors (Lipinski definition) is 2. The van der Waals surface area contributed by atoms with Gasteiger partial charge in [0.1, 0.15) is 0 Å². The van der Waals surface area contributed by atoms with Crippen molar-refractivity contribution in [2.45, 2.75) is 25.7 Å². The Morgan fingerprint density at radius 3 is 2.45 bits per heavy atom. The van der Waals surface area contributed by atoms with Crippen LogP contribution in [0.15, 0.2) is 0 Å². The highest BCUT2D eigenvalue weighted by atomic mass is 35.5. The molecule has 2 nitrogen and oxygen atoms in total. The van der Waals surface area contributed by atoms with Gasteiger partial charge in [0.15, 0.2) is 6.07 Å². The van der Waals surface area contributed by atoms with Gasteiger partial charge in [-0.05, 0) is 12.8 Å². The maximum atomic E-state index is 10.7. The molecule has 0 atom stereocenters. The van der Waals surface area contributed by atoms with Gasteiger partial charge in [0.05, 0.1) is 0 Å². The van der Waals surface area contributed by atoms with Gasteiger partial charge < -0.3 is 4.74 Å². The highest BCUT2D eigenvalue weighted by molar-refractivity contribution is 6.17. The van der Waals surface area contributed by atoms with E-state index in [1.54, 1.807) is 0 Å². The Kier molecular flexibility index (Phi) is 8.19. The first kappa shape index (κ1) is 11.1. The van der Waals surface area contributed by atoms with E-state index in [9.17, 15) is 4.79 Å². The quantitative estimate of drug-likeness (QED) is 0.373. The van der Waals surface area contributed by atoms with Crippen molar-refractivity contribution in [3.8, 4) is 0 Å². The minimum Gasteiger partial charge on any atom is -0.449 e. The number of alkyl halides is 2. The van der Waals surface area contributed by atoms with Crippen LogP contribution in [0.2, 0.25) is 0 Å². The van der Waals surface area contributed by atoms with E-state index in [4.69, 9.17) is 23.2 Å². The van der Waals surface area contributed by atoms with Crippen LogP contribution in [0.5, 0.6) is 0 Å². The minimum absolute atomic E-state index is 0.0473. The summed E-state index contributed by atoms with van der Waals surface area (Å²) in [6, 6.07) is -0.0473. The normalized spacial score (nSPS) is 9.64. The van der Waals surface area contributed by atoms with Gasteiger partial charge in [0.25, 0.3) is 0 Å². The van der Waals surface area contributed by atoms with Gasteiger partial charge in [-0.15, -0.1) is 11.6 Å². The van der Waals surface area contributed by atoms with Crippen LogP contribution in [0.25, 0.3) is 0 Å². The zero-order chi connectivity index (χ0) is 8.53. The molecule has 0 aliphatic rings. The Bertz CT molecular complexity index is 107. The third-order valence-corrected chi connectivity index (χ3v) is 1.61. The average molecular weight is 199 g/mol. The summed E-state index contributed by atoms with van der Waals surface area (Å²) >= 11 is 10.6. The van der Waals surface area contributed by atoms with Crippen LogP contribution in [0, 0.1) is 0 Å². The Labute approximate surface area is 76.8 Å². The number of carbonyl (C=O) groups is 1. The largest absolute Gasteiger partial charge is 0.449 e. The highest BCUT2D eigenvalue weighted by Crippen LogP contribution is 2.02. The molecule has 66 valence electrons. The van der Waals surface area contributed by atoms with Crippen LogP contribution in [0.4, 0.5) is 0 Å². The van der Waals surface area contributed by atoms with E-state index < -0.39 is 0 Å². The van der Waals surface area contributed by atoms with Crippen molar-refractivity contribution in [2.24, 2.45) is 0 Å². The Hall–Kier alpha value is 0.0500. The molecular weight excluding hydrogens is 187 g/mol. The third kappa shape index (κ3) is 7.95. The molecule has 0 aliphatic carbocycles. The van der Waals surface area contributed by atoms with Gasteiger partial charge in [-0.2, -0.15) is 0 Å². The van der Waals surface area contributed by atoms with E-state index in [0.717, 1.165) is 19.3 Å². The lowest BCUT2D eigenvalue weighted by Gasteiger charge is -1.98. The lowest BCUT2D eigenvalue weighted by molar-refractivity contribution is -0.141. The van der Waals surface area contributed by atoms with Crippen molar-refractivity contribution >= 4 is 29.2 Å². The predicted octanol–water partition coefficient (Wildman–Crippen LogP) is 2.53. The van der Waals surface area contributed by atoms with Crippen molar-refractivity contribution in [3.05, 3.63) is 0 Å². The molecule has 0 fully saturated rings. The highest BCUT2D eigenvalue weighted by Gasteiger charge is 1.99. The maximum Gasteiger partial charge on any atom is 0.306 e. The molecule has 0 aliphatic heterocycles. The van der Waals surface area contributed by atoms with E-state index in [-0.39, 0.29) is 12.0 Å². The molecule has 0 aromatic carbocycles. The van der Waals surface area contributed by atoms with Crippen LogP contribution in [-0.2, 0) is 9.53 Å². The average Bonchev–Trinajstić information content (AvgIpc) is 1.99. The smallest absolute Gasteiger partial charge is 0.306 e. The first-order valence-corrected chi connectivity index (χ1v) is 4.65. The summed E-state index contributed by atoms with van der Waals surface area (Å²) < 4.78 is 4.52. The molecule has 0 spiro atoms. The fraction of sp³-hybridized carbons (Fsp3) is 0.857. The second-order valence-corrected chi connectivity index (χ2v) is 2.72. The standard InChI is InChI=1S/C7H12Cl2O2/c8-5-3-1-2-4-7(10)11-6-9/h1-6H2. The summed E-state index contributed by atoms with van der Waals surface area (Å²) in [7, 11) is 0. The van der Waals surface area contributed by atoms with E-state index in [2.05, 4.69) is 4.74 Å². The predicted molar refractivity (Wildman–Crippen MR) is 46.0 cm³/mol. The number of carbonyl (C=O) groups excluding carboxylic acids is 1. The molecule has 0 unspecified atom stereocenters. The number of rotatable bonds is 6. The molecule has 0 radical (unpaired) electrons. The number of unbranched alkanes of at least 4 members (excludes halogenated alkanes) is 2. The molecule has 0 saturated carbocycles. The van der Waals surface area contributed by atoms with Crippen LogP contribution in [0.3, 0.4) is 0 Å². The second-order valence-electron chi connectivity index (χ2n) is 2.13. The summed E-state index contributed by atoms with van der Waals surface area (Å²) in [5.74, 6) is 0.430. The number of esters is 1. The van der Waals surface area contributed by atoms with E-state index in [1.165, 1.54) is 0 Å². The van der Waals surface area contributed by atoms with Crippen molar-refractivity contribution in [1.82, 2.24) is 0 Å². The van der Waals surface area contributed by atoms with E-state index in [1.807, 2.05) is 0 Å². The van der Waals surface area contributed by atoms with Crippen LogP contribution >= 0.6 is 23.2 Å².